The molecule has 0 heterocycles. The van der Waals surface area contributed by atoms with E-state index in [0.717, 1.165) is 0 Å². The Labute approximate surface area is 116 Å². The lowest BCUT2D eigenvalue weighted by molar-refractivity contribution is 0.228. The number of nitrogens with zero attached hydrogens (tertiary/aromatic N) is 1. The summed E-state index contributed by atoms with van der Waals surface area (Å²) >= 11 is 0. The van der Waals surface area contributed by atoms with E-state index in [1.165, 1.54) is 77.3 Å². The van der Waals surface area contributed by atoms with Gasteiger partial charge in [0.15, 0.2) is 0 Å². The van der Waals surface area contributed by atoms with Crippen molar-refractivity contribution in [2.75, 3.05) is 13.1 Å². The van der Waals surface area contributed by atoms with Gasteiger partial charge in [-0.25, -0.2) is 0 Å². The highest BCUT2D eigenvalue weighted by Crippen LogP contribution is 2.11. The van der Waals surface area contributed by atoms with E-state index in [1.807, 2.05) is 0 Å². The highest BCUT2D eigenvalue weighted by Gasteiger charge is 2.05. The molecule has 1 heteroatoms. The van der Waals surface area contributed by atoms with Gasteiger partial charge in [-0.15, -0.1) is 0 Å². The molecular formula is C17H37N. The zero-order valence-corrected chi connectivity index (χ0v) is 13.5. The van der Waals surface area contributed by atoms with Crippen molar-refractivity contribution in [2.45, 2.75) is 97.9 Å². The predicted molar refractivity (Wildman–Crippen MR) is 84.2 cm³/mol. The van der Waals surface area contributed by atoms with E-state index < -0.39 is 0 Å². The Kier molecular flexibility index (Phi) is 13.4. The Morgan fingerprint density at radius 3 is 1.50 bits per heavy atom. The molecule has 0 radical (unpaired) electrons. The van der Waals surface area contributed by atoms with Gasteiger partial charge in [0.05, 0.1) is 0 Å². The number of hydrogen-bond acceptors (Lipinski definition) is 1. The van der Waals surface area contributed by atoms with Crippen LogP contribution in [-0.2, 0) is 0 Å². The number of unbranched alkanes of at least 4 members (excludes halogenated alkanes) is 9. The van der Waals surface area contributed by atoms with Gasteiger partial charge >= 0.3 is 0 Å². The first-order valence-corrected chi connectivity index (χ1v) is 8.46. The summed E-state index contributed by atoms with van der Waals surface area (Å²) < 4.78 is 0. The molecule has 0 bridgehead atoms. The smallest absolute Gasteiger partial charge is 0.00384 e. The number of rotatable bonds is 13. The third-order valence-electron chi connectivity index (χ3n) is 3.94. The van der Waals surface area contributed by atoms with Crippen LogP contribution >= 0.6 is 0 Å². The highest BCUT2D eigenvalue weighted by atomic mass is 15.1. The van der Waals surface area contributed by atoms with Crippen LogP contribution < -0.4 is 0 Å². The van der Waals surface area contributed by atoms with Crippen LogP contribution in [0.5, 0.6) is 0 Å². The minimum absolute atomic E-state index is 0.716. The molecule has 0 atom stereocenters. The summed E-state index contributed by atoms with van der Waals surface area (Å²) in [6.45, 7) is 11.7. The zero-order valence-electron chi connectivity index (χ0n) is 13.5. The molecule has 0 amide bonds. The third kappa shape index (κ3) is 11.1. The summed E-state index contributed by atoms with van der Waals surface area (Å²) in [5.74, 6) is 0. The SMILES string of the molecule is CCCCCCCCCCCCN(CC)C(C)C. The molecule has 0 aliphatic heterocycles. The minimum Gasteiger partial charge on any atom is -0.301 e. The Balaban J connectivity index is 3.15. The molecule has 110 valence electrons. The molecule has 0 unspecified atom stereocenters. The van der Waals surface area contributed by atoms with Gasteiger partial charge in [-0.3, -0.25) is 0 Å². The first-order chi connectivity index (χ1) is 8.72. The van der Waals surface area contributed by atoms with Crippen LogP contribution in [0.25, 0.3) is 0 Å². The zero-order chi connectivity index (χ0) is 13.6. The maximum absolute atomic E-state index is 2.57. The van der Waals surface area contributed by atoms with Gasteiger partial charge in [-0.1, -0.05) is 71.6 Å². The van der Waals surface area contributed by atoms with Gasteiger partial charge in [-0.05, 0) is 33.4 Å². The second kappa shape index (κ2) is 13.4. The van der Waals surface area contributed by atoms with Crippen LogP contribution in [0.4, 0.5) is 0 Å². The molecular weight excluding hydrogens is 218 g/mol. The summed E-state index contributed by atoms with van der Waals surface area (Å²) in [5.41, 5.74) is 0. The first kappa shape index (κ1) is 18.0. The monoisotopic (exact) mass is 255 g/mol. The Morgan fingerprint density at radius 2 is 1.11 bits per heavy atom. The second-order valence-corrected chi connectivity index (χ2v) is 5.90. The Bertz CT molecular complexity index is 154. The third-order valence-corrected chi connectivity index (χ3v) is 3.94. The average Bonchev–Trinajstić information content (AvgIpc) is 2.35. The lowest BCUT2D eigenvalue weighted by Gasteiger charge is -2.24. The van der Waals surface area contributed by atoms with Crippen LogP contribution in [0.2, 0.25) is 0 Å². The van der Waals surface area contributed by atoms with Crippen LogP contribution in [0.3, 0.4) is 0 Å². The number of hydrogen-bond donors (Lipinski definition) is 0. The molecule has 0 fully saturated rings. The summed E-state index contributed by atoms with van der Waals surface area (Å²) in [5, 5.41) is 0. The van der Waals surface area contributed by atoms with E-state index in [-0.39, 0.29) is 0 Å². The quantitative estimate of drug-likeness (QED) is 0.385. The molecule has 0 N–H and O–H groups in total. The molecule has 0 aromatic carbocycles. The standard InChI is InChI=1S/C17H37N/c1-5-7-8-9-10-11-12-13-14-15-16-18(6-2)17(3)4/h17H,5-16H2,1-4H3. The molecule has 0 aliphatic rings. The molecule has 0 spiro atoms. The first-order valence-electron chi connectivity index (χ1n) is 8.46. The topological polar surface area (TPSA) is 3.24 Å². The Hall–Kier alpha value is -0.0400. The van der Waals surface area contributed by atoms with Gasteiger partial charge in [0.25, 0.3) is 0 Å². The molecule has 18 heavy (non-hydrogen) atoms. The molecule has 0 aromatic heterocycles. The fraction of sp³-hybridized carbons (Fsp3) is 1.00. The van der Waals surface area contributed by atoms with Gasteiger partial charge in [0.2, 0.25) is 0 Å². The van der Waals surface area contributed by atoms with Crippen LogP contribution in [-0.4, -0.2) is 24.0 Å². The molecule has 0 saturated heterocycles. The summed E-state index contributed by atoms with van der Waals surface area (Å²) in [7, 11) is 0. The lowest BCUT2D eigenvalue weighted by atomic mass is 10.1. The van der Waals surface area contributed by atoms with E-state index in [1.54, 1.807) is 0 Å². The van der Waals surface area contributed by atoms with Crippen molar-refractivity contribution < 1.29 is 0 Å². The van der Waals surface area contributed by atoms with Crippen molar-refractivity contribution in [2.24, 2.45) is 0 Å². The second-order valence-electron chi connectivity index (χ2n) is 5.90. The lowest BCUT2D eigenvalue weighted by Crippen LogP contribution is -2.31. The van der Waals surface area contributed by atoms with E-state index in [0.29, 0.717) is 6.04 Å². The van der Waals surface area contributed by atoms with Gasteiger partial charge in [0.1, 0.15) is 0 Å². The van der Waals surface area contributed by atoms with E-state index in [4.69, 9.17) is 0 Å². The summed E-state index contributed by atoms with van der Waals surface area (Å²) in [4.78, 5) is 2.57. The van der Waals surface area contributed by atoms with Crippen molar-refractivity contribution in [3.8, 4) is 0 Å². The van der Waals surface area contributed by atoms with Crippen molar-refractivity contribution in [1.82, 2.24) is 4.90 Å². The minimum atomic E-state index is 0.716. The van der Waals surface area contributed by atoms with E-state index >= 15 is 0 Å². The van der Waals surface area contributed by atoms with Crippen molar-refractivity contribution >= 4 is 0 Å². The van der Waals surface area contributed by atoms with Crippen molar-refractivity contribution in [1.29, 1.82) is 0 Å². The molecule has 0 aromatic rings. The average molecular weight is 255 g/mol. The predicted octanol–water partition coefficient (Wildman–Crippen LogP) is 5.64. The van der Waals surface area contributed by atoms with Gasteiger partial charge < -0.3 is 4.90 Å². The van der Waals surface area contributed by atoms with Crippen LogP contribution in [0, 0.1) is 0 Å². The fourth-order valence-corrected chi connectivity index (χ4v) is 2.58. The van der Waals surface area contributed by atoms with Gasteiger partial charge in [0, 0.05) is 6.04 Å². The summed E-state index contributed by atoms with van der Waals surface area (Å²) in [6.07, 6.45) is 14.4. The van der Waals surface area contributed by atoms with E-state index in [9.17, 15) is 0 Å². The highest BCUT2D eigenvalue weighted by molar-refractivity contribution is 4.60. The van der Waals surface area contributed by atoms with Crippen molar-refractivity contribution in [3.05, 3.63) is 0 Å². The molecule has 1 nitrogen and oxygen atoms in total. The van der Waals surface area contributed by atoms with E-state index in [2.05, 4.69) is 32.6 Å². The molecule has 0 saturated carbocycles. The Morgan fingerprint density at radius 1 is 0.667 bits per heavy atom. The van der Waals surface area contributed by atoms with Gasteiger partial charge in [-0.2, -0.15) is 0 Å². The molecule has 0 rings (SSSR count). The fourth-order valence-electron chi connectivity index (χ4n) is 2.58. The molecule has 0 aliphatic carbocycles. The van der Waals surface area contributed by atoms with Crippen molar-refractivity contribution in [3.63, 3.8) is 0 Å². The summed E-state index contributed by atoms with van der Waals surface area (Å²) in [6, 6.07) is 0.716. The maximum atomic E-state index is 2.57. The van der Waals surface area contributed by atoms with Crippen LogP contribution in [0.1, 0.15) is 91.9 Å². The normalized spacial score (nSPS) is 11.7. The van der Waals surface area contributed by atoms with Crippen LogP contribution in [0.15, 0.2) is 0 Å². The largest absolute Gasteiger partial charge is 0.301 e. The maximum Gasteiger partial charge on any atom is 0.00384 e.